The molecule has 2 aromatic rings. The SMILES string of the molecule is CC(C)c1ccc(F)cc1CN(C(=O)c1cnn(C)c1F)C(F)F. The molecular weight excluding hydrogens is 326 g/mol. The minimum atomic E-state index is -3.17. The number of nitrogens with zero attached hydrogens (tertiary/aromatic N) is 3. The van der Waals surface area contributed by atoms with Crippen molar-refractivity contribution in [1.29, 1.82) is 0 Å². The van der Waals surface area contributed by atoms with Gasteiger partial charge in [-0.1, -0.05) is 19.9 Å². The lowest BCUT2D eigenvalue weighted by Gasteiger charge is -2.23. The highest BCUT2D eigenvalue weighted by Crippen LogP contribution is 2.24. The van der Waals surface area contributed by atoms with E-state index in [4.69, 9.17) is 0 Å². The van der Waals surface area contributed by atoms with E-state index in [1.807, 2.05) is 13.8 Å². The van der Waals surface area contributed by atoms with Crippen molar-refractivity contribution in [3.05, 3.63) is 52.9 Å². The smallest absolute Gasteiger partial charge is 0.277 e. The van der Waals surface area contributed by atoms with E-state index in [0.29, 0.717) is 5.56 Å². The van der Waals surface area contributed by atoms with E-state index in [2.05, 4.69) is 5.10 Å². The summed E-state index contributed by atoms with van der Waals surface area (Å²) in [5, 5.41) is 3.54. The Morgan fingerprint density at radius 3 is 2.46 bits per heavy atom. The lowest BCUT2D eigenvalue weighted by atomic mass is 9.96. The molecular formula is C16H17F4N3O. The van der Waals surface area contributed by atoms with E-state index in [9.17, 15) is 22.4 Å². The minimum Gasteiger partial charge on any atom is -0.277 e. The first-order valence-corrected chi connectivity index (χ1v) is 7.27. The van der Waals surface area contributed by atoms with Gasteiger partial charge in [0.25, 0.3) is 5.91 Å². The first-order valence-electron chi connectivity index (χ1n) is 7.27. The number of amides is 1. The van der Waals surface area contributed by atoms with Gasteiger partial charge in [-0.25, -0.2) is 9.07 Å². The molecule has 0 saturated carbocycles. The van der Waals surface area contributed by atoms with Crippen molar-refractivity contribution < 1.29 is 22.4 Å². The summed E-state index contributed by atoms with van der Waals surface area (Å²) in [6.07, 6.45) is 0.891. The molecule has 1 amide bonds. The third kappa shape index (κ3) is 3.58. The number of carbonyl (C=O) groups is 1. The molecule has 0 N–H and O–H groups in total. The van der Waals surface area contributed by atoms with Gasteiger partial charge in [0.15, 0.2) is 0 Å². The number of benzene rings is 1. The lowest BCUT2D eigenvalue weighted by molar-refractivity contribution is -0.0190. The molecule has 0 aliphatic heterocycles. The van der Waals surface area contributed by atoms with Crippen LogP contribution < -0.4 is 0 Å². The van der Waals surface area contributed by atoms with E-state index >= 15 is 0 Å². The van der Waals surface area contributed by atoms with Crippen LogP contribution in [-0.2, 0) is 13.6 Å². The fourth-order valence-corrected chi connectivity index (χ4v) is 2.41. The summed E-state index contributed by atoms with van der Waals surface area (Å²) in [5.74, 6) is -2.85. The molecule has 24 heavy (non-hydrogen) atoms. The highest BCUT2D eigenvalue weighted by Gasteiger charge is 2.29. The Labute approximate surface area is 136 Å². The van der Waals surface area contributed by atoms with E-state index in [-0.39, 0.29) is 16.4 Å². The summed E-state index contributed by atoms with van der Waals surface area (Å²) in [6, 6.07) is 3.83. The molecule has 0 bridgehead atoms. The Morgan fingerprint density at radius 1 is 1.29 bits per heavy atom. The van der Waals surface area contributed by atoms with E-state index in [1.165, 1.54) is 19.2 Å². The van der Waals surface area contributed by atoms with E-state index in [0.717, 1.165) is 16.9 Å². The van der Waals surface area contributed by atoms with Crippen molar-refractivity contribution in [2.24, 2.45) is 7.05 Å². The molecule has 0 unspecified atom stereocenters. The van der Waals surface area contributed by atoms with Crippen LogP contribution in [0.25, 0.3) is 0 Å². The topological polar surface area (TPSA) is 38.1 Å². The van der Waals surface area contributed by atoms with Crippen molar-refractivity contribution >= 4 is 5.91 Å². The molecule has 0 saturated heterocycles. The van der Waals surface area contributed by atoms with Gasteiger partial charge in [-0.3, -0.25) is 9.69 Å². The Morgan fingerprint density at radius 2 is 1.96 bits per heavy atom. The maximum absolute atomic E-state index is 13.8. The third-order valence-corrected chi connectivity index (χ3v) is 3.66. The number of alkyl halides is 2. The normalized spacial score (nSPS) is 11.4. The second-order valence-corrected chi connectivity index (χ2v) is 5.68. The first-order chi connectivity index (χ1) is 11.2. The molecule has 1 aromatic heterocycles. The van der Waals surface area contributed by atoms with Gasteiger partial charge in [0.2, 0.25) is 5.95 Å². The van der Waals surface area contributed by atoms with Crippen molar-refractivity contribution in [2.45, 2.75) is 32.9 Å². The zero-order valence-electron chi connectivity index (χ0n) is 13.4. The van der Waals surface area contributed by atoms with E-state index in [1.54, 1.807) is 0 Å². The molecule has 0 fully saturated rings. The van der Waals surface area contributed by atoms with Crippen LogP contribution in [0.5, 0.6) is 0 Å². The van der Waals surface area contributed by atoms with Crippen LogP contribution in [0.3, 0.4) is 0 Å². The molecule has 1 heterocycles. The predicted octanol–water partition coefficient (Wildman–Crippen LogP) is 3.69. The van der Waals surface area contributed by atoms with Gasteiger partial charge in [0, 0.05) is 7.05 Å². The predicted molar refractivity (Wildman–Crippen MR) is 79.5 cm³/mol. The second-order valence-electron chi connectivity index (χ2n) is 5.68. The first kappa shape index (κ1) is 18.0. The summed E-state index contributed by atoms with van der Waals surface area (Å²) in [6.45, 7) is -0.0470. The lowest BCUT2D eigenvalue weighted by Crippen LogP contribution is -2.35. The second kappa shape index (κ2) is 7.02. The summed E-state index contributed by atoms with van der Waals surface area (Å²) in [7, 11) is 1.25. The highest BCUT2D eigenvalue weighted by atomic mass is 19.3. The fraction of sp³-hybridized carbons (Fsp3) is 0.375. The largest absolute Gasteiger partial charge is 0.318 e. The van der Waals surface area contributed by atoms with Gasteiger partial charge >= 0.3 is 6.55 Å². The molecule has 0 aliphatic carbocycles. The van der Waals surface area contributed by atoms with E-state index < -0.39 is 36.3 Å². The van der Waals surface area contributed by atoms with Gasteiger partial charge in [-0.05, 0) is 29.2 Å². The zero-order valence-corrected chi connectivity index (χ0v) is 13.4. The van der Waals surface area contributed by atoms with Crippen LogP contribution in [0.4, 0.5) is 17.6 Å². The molecule has 4 nitrogen and oxygen atoms in total. The van der Waals surface area contributed by atoms with Crippen LogP contribution in [0, 0.1) is 11.8 Å². The molecule has 2 rings (SSSR count). The number of aromatic nitrogens is 2. The van der Waals surface area contributed by atoms with Gasteiger partial charge < -0.3 is 0 Å². The summed E-state index contributed by atoms with van der Waals surface area (Å²) < 4.78 is 54.8. The zero-order chi connectivity index (χ0) is 18.0. The van der Waals surface area contributed by atoms with Crippen molar-refractivity contribution in [3.63, 3.8) is 0 Å². The molecule has 8 heteroatoms. The monoisotopic (exact) mass is 343 g/mol. The van der Waals surface area contributed by atoms with Crippen LogP contribution in [0.2, 0.25) is 0 Å². The standard InChI is InChI=1S/C16H17F4N3O/c1-9(2)12-5-4-11(17)6-10(12)8-23(16(19)20)15(24)13-7-21-22(3)14(13)18/h4-7,9,16H,8H2,1-3H3. The number of halogens is 4. The molecule has 0 atom stereocenters. The average Bonchev–Trinajstić information content (AvgIpc) is 2.83. The van der Waals surface area contributed by atoms with Crippen LogP contribution >= 0.6 is 0 Å². The molecule has 0 spiro atoms. The number of rotatable bonds is 5. The maximum Gasteiger partial charge on any atom is 0.318 e. The van der Waals surface area contributed by atoms with Gasteiger partial charge in [0.1, 0.15) is 11.4 Å². The molecule has 0 aliphatic rings. The summed E-state index contributed by atoms with van der Waals surface area (Å²) in [4.78, 5) is 12.4. The summed E-state index contributed by atoms with van der Waals surface area (Å²) in [5.41, 5.74) is 0.338. The minimum absolute atomic E-state index is 0.0506. The van der Waals surface area contributed by atoms with Gasteiger partial charge in [-0.2, -0.15) is 18.3 Å². The molecule has 130 valence electrons. The average molecular weight is 343 g/mol. The third-order valence-electron chi connectivity index (χ3n) is 3.66. The van der Waals surface area contributed by atoms with Crippen LogP contribution in [0.15, 0.2) is 24.4 Å². The Hall–Kier alpha value is -2.38. The Kier molecular flexibility index (Phi) is 5.26. The number of hydrogen-bond donors (Lipinski definition) is 0. The summed E-state index contributed by atoms with van der Waals surface area (Å²) >= 11 is 0. The molecule has 1 aromatic carbocycles. The fourth-order valence-electron chi connectivity index (χ4n) is 2.41. The van der Waals surface area contributed by atoms with Crippen molar-refractivity contribution in [1.82, 2.24) is 14.7 Å². The van der Waals surface area contributed by atoms with Crippen LogP contribution in [0.1, 0.15) is 41.3 Å². The highest BCUT2D eigenvalue weighted by molar-refractivity contribution is 5.94. The molecule has 0 radical (unpaired) electrons. The van der Waals surface area contributed by atoms with Crippen molar-refractivity contribution in [3.8, 4) is 0 Å². The maximum atomic E-state index is 13.8. The van der Waals surface area contributed by atoms with Gasteiger partial charge in [-0.15, -0.1) is 0 Å². The van der Waals surface area contributed by atoms with Gasteiger partial charge in [0.05, 0.1) is 12.7 Å². The number of aryl methyl sites for hydroxylation is 1. The Bertz CT molecular complexity index is 743. The Balaban J connectivity index is 2.38. The number of hydrogen-bond acceptors (Lipinski definition) is 2. The van der Waals surface area contributed by atoms with Crippen LogP contribution in [-0.4, -0.2) is 27.1 Å². The quantitative estimate of drug-likeness (QED) is 0.613. The number of carbonyl (C=O) groups excluding carboxylic acids is 1. The van der Waals surface area contributed by atoms with Crippen molar-refractivity contribution in [2.75, 3.05) is 0 Å².